The van der Waals surface area contributed by atoms with E-state index in [2.05, 4.69) is 5.32 Å². The summed E-state index contributed by atoms with van der Waals surface area (Å²) < 4.78 is 6.97. The molecule has 1 amide bonds. The Morgan fingerprint density at radius 1 is 1.17 bits per heavy atom. The third-order valence-electron chi connectivity index (χ3n) is 4.05. The fourth-order valence-electron chi connectivity index (χ4n) is 3.00. The molecule has 128 valence electrons. The Hall–Kier alpha value is -2.56. The molecule has 0 radical (unpaired) electrons. The van der Waals surface area contributed by atoms with Gasteiger partial charge in [-0.2, -0.15) is 0 Å². The van der Waals surface area contributed by atoms with Crippen LogP contribution in [0.1, 0.15) is 51.5 Å². The summed E-state index contributed by atoms with van der Waals surface area (Å²) in [6.07, 6.45) is 0. The Labute approximate surface area is 142 Å². The van der Waals surface area contributed by atoms with Crippen LogP contribution in [-0.2, 0) is 11.3 Å². The summed E-state index contributed by atoms with van der Waals surface area (Å²) in [4.78, 5) is 25.0. The number of carbonyl (C=O) groups excluding carboxylic acids is 2. The number of benzene rings is 1. The molecule has 1 aromatic carbocycles. The number of amides is 1. The molecular weight excluding hydrogens is 304 g/mol. The lowest BCUT2D eigenvalue weighted by Gasteiger charge is -2.08. The molecule has 0 aliphatic carbocycles. The highest BCUT2D eigenvalue weighted by molar-refractivity contribution is 6.08. The number of hydrogen-bond acceptors (Lipinski definition) is 3. The second kappa shape index (κ2) is 7.34. The SMILES string of the molecule is CCOC(=O)c1c(C)c(C(=O)Nc2cccc(C)c2)c(C)n1CC. The number of rotatable bonds is 5. The number of carbonyl (C=O) groups is 2. The first-order valence-electron chi connectivity index (χ1n) is 8.15. The number of esters is 1. The summed E-state index contributed by atoms with van der Waals surface area (Å²) in [5, 5.41) is 2.91. The highest BCUT2D eigenvalue weighted by atomic mass is 16.5. The van der Waals surface area contributed by atoms with Gasteiger partial charge in [0.05, 0.1) is 12.2 Å². The van der Waals surface area contributed by atoms with E-state index in [4.69, 9.17) is 4.74 Å². The quantitative estimate of drug-likeness (QED) is 0.848. The van der Waals surface area contributed by atoms with Crippen LogP contribution in [0.4, 0.5) is 5.69 Å². The lowest BCUT2D eigenvalue weighted by Crippen LogP contribution is -2.14. The van der Waals surface area contributed by atoms with E-state index in [0.717, 1.165) is 16.9 Å². The fraction of sp³-hybridized carbons (Fsp3) is 0.368. The number of nitrogens with zero attached hydrogens (tertiary/aromatic N) is 1. The molecule has 5 nitrogen and oxygen atoms in total. The van der Waals surface area contributed by atoms with Crippen LogP contribution in [0.2, 0.25) is 0 Å². The highest BCUT2D eigenvalue weighted by Gasteiger charge is 2.26. The molecule has 2 rings (SSSR count). The maximum Gasteiger partial charge on any atom is 0.355 e. The molecule has 5 heteroatoms. The van der Waals surface area contributed by atoms with Crippen LogP contribution in [0, 0.1) is 20.8 Å². The third kappa shape index (κ3) is 3.35. The first kappa shape index (κ1) is 17.8. The summed E-state index contributed by atoms with van der Waals surface area (Å²) >= 11 is 0. The van der Waals surface area contributed by atoms with Crippen molar-refractivity contribution in [2.24, 2.45) is 0 Å². The number of hydrogen-bond donors (Lipinski definition) is 1. The van der Waals surface area contributed by atoms with E-state index < -0.39 is 5.97 Å². The van der Waals surface area contributed by atoms with E-state index >= 15 is 0 Å². The lowest BCUT2D eigenvalue weighted by atomic mass is 10.1. The second-order valence-electron chi connectivity index (χ2n) is 5.72. The molecule has 0 aliphatic rings. The molecule has 0 unspecified atom stereocenters. The molecule has 0 atom stereocenters. The van der Waals surface area contributed by atoms with Gasteiger partial charge in [-0.3, -0.25) is 4.79 Å². The molecule has 0 fully saturated rings. The Morgan fingerprint density at radius 3 is 2.46 bits per heavy atom. The zero-order valence-electron chi connectivity index (χ0n) is 14.9. The molecule has 24 heavy (non-hydrogen) atoms. The minimum Gasteiger partial charge on any atom is -0.461 e. The molecular formula is C19H24N2O3. The number of anilines is 1. The summed E-state index contributed by atoms with van der Waals surface area (Å²) in [7, 11) is 0. The van der Waals surface area contributed by atoms with Crippen LogP contribution < -0.4 is 5.32 Å². The smallest absolute Gasteiger partial charge is 0.355 e. The number of nitrogens with one attached hydrogen (secondary N) is 1. The van der Waals surface area contributed by atoms with Gasteiger partial charge in [-0.25, -0.2) is 4.79 Å². The third-order valence-corrected chi connectivity index (χ3v) is 4.05. The van der Waals surface area contributed by atoms with Gasteiger partial charge in [-0.15, -0.1) is 0 Å². The van der Waals surface area contributed by atoms with E-state index in [-0.39, 0.29) is 5.91 Å². The average Bonchev–Trinajstić information content (AvgIpc) is 2.77. The molecule has 1 aromatic heterocycles. The van der Waals surface area contributed by atoms with Crippen molar-refractivity contribution in [2.75, 3.05) is 11.9 Å². The molecule has 1 N–H and O–H groups in total. The van der Waals surface area contributed by atoms with Gasteiger partial charge in [-0.1, -0.05) is 12.1 Å². The zero-order valence-corrected chi connectivity index (χ0v) is 14.9. The summed E-state index contributed by atoms with van der Waals surface area (Å²) in [6.45, 7) is 10.2. The van der Waals surface area contributed by atoms with Gasteiger partial charge in [-0.05, 0) is 57.9 Å². The first-order chi connectivity index (χ1) is 11.4. The van der Waals surface area contributed by atoms with Gasteiger partial charge < -0.3 is 14.6 Å². The van der Waals surface area contributed by atoms with E-state index in [0.29, 0.717) is 30.0 Å². The largest absolute Gasteiger partial charge is 0.461 e. The monoisotopic (exact) mass is 328 g/mol. The Balaban J connectivity index is 2.43. The van der Waals surface area contributed by atoms with E-state index in [1.807, 2.05) is 49.6 Å². The van der Waals surface area contributed by atoms with Crippen LogP contribution in [-0.4, -0.2) is 23.1 Å². The van der Waals surface area contributed by atoms with Crippen LogP contribution in [0.15, 0.2) is 24.3 Å². The van der Waals surface area contributed by atoms with Crippen LogP contribution in [0.5, 0.6) is 0 Å². The molecule has 0 aliphatic heterocycles. The van der Waals surface area contributed by atoms with Gasteiger partial charge in [0.1, 0.15) is 5.69 Å². The van der Waals surface area contributed by atoms with E-state index in [9.17, 15) is 9.59 Å². The van der Waals surface area contributed by atoms with Gasteiger partial charge >= 0.3 is 5.97 Å². The zero-order chi connectivity index (χ0) is 17.9. The number of aromatic nitrogens is 1. The molecule has 0 saturated heterocycles. The minimum atomic E-state index is -0.394. The predicted molar refractivity (Wildman–Crippen MR) is 94.7 cm³/mol. The highest BCUT2D eigenvalue weighted by Crippen LogP contribution is 2.24. The standard InChI is InChI=1S/C19H24N2O3/c1-6-21-14(5)16(13(4)17(21)19(23)24-7-2)18(22)20-15-10-8-9-12(3)11-15/h8-11H,6-7H2,1-5H3,(H,20,22). The molecule has 1 heterocycles. The number of aryl methyl sites for hydroxylation is 1. The first-order valence-corrected chi connectivity index (χ1v) is 8.15. The maximum absolute atomic E-state index is 12.8. The van der Waals surface area contributed by atoms with E-state index in [1.54, 1.807) is 13.8 Å². The maximum atomic E-state index is 12.8. The fourth-order valence-corrected chi connectivity index (χ4v) is 3.00. The Morgan fingerprint density at radius 2 is 1.88 bits per heavy atom. The van der Waals surface area contributed by atoms with Gasteiger partial charge in [0.15, 0.2) is 0 Å². The van der Waals surface area contributed by atoms with Crippen molar-refractivity contribution in [1.29, 1.82) is 0 Å². The minimum absolute atomic E-state index is 0.214. The Kier molecular flexibility index (Phi) is 5.44. The van der Waals surface area contributed by atoms with E-state index in [1.165, 1.54) is 0 Å². The lowest BCUT2D eigenvalue weighted by molar-refractivity contribution is 0.0512. The second-order valence-corrected chi connectivity index (χ2v) is 5.72. The summed E-state index contributed by atoms with van der Waals surface area (Å²) in [5.41, 5.74) is 4.20. The topological polar surface area (TPSA) is 60.3 Å². The average molecular weight is 328 g/mol. The molecule has 2 aromatic rings. The van der Waals surface area contributed by atoms with Crippen LogP contribution in [0.3, 0.4) is 0 Å². The van der Waals surface area contributed by atoms with Crippen molar-refractivity contribution in [1.82, 2.24) is 4.57 Å². The molecule has 0 bridgehead atoms. The normalized spacial score (nSPS) is 10.5. The van der Waals surface area contributed by atoms with Crippen LogP contribution >= 0.6 is 0 Å². The van der Waals surface area contributed by atoms with Gasteiger partial charge in [0.2, 0.25) is 0 Å². The van der Waals surface area contributed by atoms with Crippen LogP contribution in [0.25, 0.3) is 0 Å². The van der Waals surface area contributed by atoms with Crippen molar-refractivity contribution in [2.45, 2.75) is 41.2 Å². The predicted octanol–water partition coefficient (Wildman–Crippen LogP) is 3.86. The van der Waals surface area contributed by atoms with Crippen molar-refractivity contribution in [3.05, 3.63) is 52.3 Å². The van der Waals surface area contributed by atoms with Crippen molar-refractivity contribution >= 4 is 17.6 Å². The molecule has 0 saturated carbocycles. The van der Waals surface area contributed by atoms with Crippen molar-refractivity contribution in [3.8, 4) is 0 Å². The van der Waals surface area contributed by atoms with Crippen molar-refractivity contribution in [3.63, 3.8) is 0 Å². The Bertz CT molecular complexity index is 775. The van der Waals surface area contributed by atoms with Crippen molar-refractivity contribution < 1.29 is 14.3 Å². The number of ether oxygens (including phenoxy) is 1. The summed E-state index contributed by atoms with van der Waals surface area (Å²) in [5.74, 6) is -0.608. The van der Waals surface area contributed by atoms with Gasteiger partial charge in [0.25, 0.3) is 5.91 Å². The van der Waals surface area contributed by atoms with Gasteiger partial charge in [0, 0.05) is 17.9 Å². The summed E-state index contributed by atoms with van der Waals surface area (Å²) in [6, 6.07) is 7.62. The molecule has 0 spiro atoms.